The smallest absolute Gasteiger partial charge is 0.348 e. The van der Waals surface area contributed by atoms with Crippen LogP contribution in [0.3, 0.4) is 0 Å². The zero-order valence-electron chi connectivity index (χ0n) is 21.1. The van der Waals surface area contributed by atoms with Crippen LogP contribution in [0.15, 0.2) is 4.21 Å². The lowest BCUT2D eigenvalue weighted by atomic mass is 10.1. The maximum atomic E-state index is 13.2. The number of anilines is 1. The lowest BCUT2D eigenvalue weighted by molar-refractivity contribution is -0.115. The molecule has 2 aromatic heterocycles. The topological polar surface area (TPSA) is 108 Å². The van der Waals surface area contributed by atoms with E-state index >= 15 is 0 Å². The van der Waals surface area contributed by atoms with Gasteiger partial charge in [-0.15, -0.1) is 34.4 Å². The molecule has 3 rings (SSSR count). The first-order chi connectivity index (χ1) is 17.2. The molecule has 0 aliphatic heterocycles. The van der Waals surface area contributed by atoms with Crippen LogP contribution in [0.2, 0.25) is 0 Å². The van der Waals surface area contributed by atoms with Crippen molar-refractivity contribution in [2.75, 3.05) is 25.6 Å². The van der Waals surface area contributed by atoms with Gasteiger partial charge in [-0.1, -0.05) is 6.42 Å². The van der Waals surface area contributed by atoms with Crippen LogP contribution < -0.4 is 5.32 Å². The van der Waals surface area contributed by atoms with Crippen molar-refractivity contribution >= 4 is 63.3 Å². The number of thioether (sulfide) groups is 1. The number of amides is 1. The van der Waals surface area contributed by atoms with Crippen LogP contribution in [-0.4, -0.2) is 49.4 Å². The molecule has 0 saturated carbocycles. The number of carbonyl (C=O) groups excluding carboxylic acids is 4. The molecule has 1 amide bonds. The molecule has 0 bridgehead atoms. The molecule has 0 aromatic carbocycles. The number of rotatable bonds is 9. The first kappa shape index (κ1) is 28.2. The summed E-state index contributed by atoms with van der Waals surface area (Å²) in [4.78, 5) is 52.3. The minimum Gasteiger partial charge on any atom is -0.465 e. The molecule has 2 aromatic rings. The molecule has 0 fully saturated rings. The third kappa shape index (κ3) is 6.12. The maximum Gasteiger partial charge on any atom is 0.348 e. The van der Waals surface area contributed by atoms with Gasteiger partial charge < -0.3 is 19.5 Å². The largest absolute Gasteiger partial charge is 0.465 e. The lowest BCUT2D eigenvalue weighted by Crippen LogP contribution is -2.23. The zero-order valence-corrected chi connectivity index (χ0v) is 23.6. The Hall–Kier alpha value is -2.37. The second kappa shape index (κ2) is 12.7. The van der Waals surface area contributed by atoms with E-state index in [9.17, 15) is 19.2 Å². The van der Waals surface area contributed by atoms with Gasteiger partial charge in [0.1, 0.15) is 9.88 Å². The fourth-order valence-corrected chi connectivity index (χ4v) is 7.90. The van der Waals surface area contributed by atoms with Gasteiger partial charge in [-0.3, -0.25) is 4.79 Å². The number of esters is 3. The van der Waals surface area contributed by atoms with E-state index in [-0.39, 0.29) is 24.7 Å². The van der Waals surface area contributed by atoms with Crippen LogP contribution in [0, 0.1) is 6.92 Å². The summed E-state index contributed by atoms with van der Waals surface area (Å²) in [7, 11) is 1.34. The first-order valence-electron chi connectivity index (χ1n) is 11.9. The highest BCUT2D eigenvalue weighted by Crippen LogP contribution is 2.41. The van der Waals surface area contributed by atoms with Crippen molar-refractivity contribution in [3.8, 4) is 0 Å². The summed E-state index contributed by atoms with van der Waals surface area (Å²) in [5, 5.41) is 2.78. The van der Waals surface area contributed by atoms with Gasteiger partial charge >= 0.3 is 17.9 Å². The SMILES string of the molecule is CCOC(=O)c1sc(SC(C)C(=O)Nc2sc3c(c2C(=O)OC)CCCCC3)c(C(=O)OCC)c1C. The average Bonchev–Trinajstić information content (AvgIpc) is 3.25. The highest BCUT2D eigenvalue weighted by Gasteiger charge is 2.31. The minimum absolute atomic E-state index is 0.183. The number of aryl methyl sites for hydroxylation is 1. The minimum atomic E-state index is -0.626. The molecule has 1 atom stereocenters. The molecular weight excluding hydrogens is 522 g/mol. The molecule has 0 spiro atoms. The predicted molar refractivity (Wildman–Crippen MR) is 142 cm³/mol. The molecule has 2 heterocycles. The standard InChI is InChI=1S/C25H31NO7S3/c1-6-32-23(29)17-13(3)19(24(30)33-7-2)36-25(17)34-14(4)20(27)26-21-18(22(28)31-5)15-11-9-8-10-12-16(15)35-21/h14H,6-12H2,1-5H3,(H,26,27). The summed E-state index contributed by atoms with van der Waals surface area (Å²) < 4.78 is 15.9. The molecule has 1 aliphatic carbocycles. The molecule has 196 valence electrons. The maximum absolute atomic E-state index is 13.2. The molecule has 1 aliphatic rings. The van der Waals surface area contributed by atoms with Crippen LogP contribution in [0.1, 0.15) is 86.4 Å². The monoisotopic (exact) mass is 553 g/mol. The van der Waals surface area contributed by atoms with Crippen molar-refractivity contribution in [2.45, 2.75) is 69.3 Å². The number of fused-ring (bicyclic) bond motifs is 1. The summed E-state index contributed by atoms with van der Waals surface area (Å²) in [5.41, 5.74) is 2.15. The van der Waals surface area contributed by atoms with Gasteiger partial charge in [0.05, 0.1) is 40.9 Å². The van der Waals surface area contributed by atoms with Gasteiger partial charge in [0.25, 0.3) is 0 Å². The van der Waals surface area contributed by atoms with Crippen LogP contribution in [-0.2, 0) is 31.8 Å². The van der Waals surface area contributed by atoms with Crippen molar-refractivity contribution in [1.29, 1.82) is 0 Å². The van der Waals surface area contributed by atoms with E-state index < -0.39 is 23.2 Å². The Morgan fingerprint density at radius 1 is 0.944 bits per heavy atom. The van der Waals surface area contributed by atoms with E-state index in [1.807, 2.05) is 0 Å². The summed E-state index contributed by atoms with van der Waals surface area (Å²) >= 11 is 3.71. The predicted octanol–water partition coefficient (Wildman–Crippen LogP) is 5.65. The highest BCUT2D eigenvalue weighted by molar-refractivity contribution is 8.02. The number of nitrogens with one attached hydrogen (secondary N) is 1. The summed E-state index contributed by atoms with van der Waals surface area (Å²) in [6.45, 7) is 7.19. The Kier molecular flexibility index (Phi) is 9.98. The fourth-order valence-electron chi connectivity index (χ4n) is 3.98. The number of thiophene rings is 2. The number of hydrogen-bond donors (Lipinski definition) is 1. The van der Waals surface area contributed by atoms with Crippen LogP contribution in [0.5, 0.6) is 0 Å². The Balaban J connectivity index is 1.87. The van der Waals surface area contributed by atoms with E-state index in [1.165, 1.54) is 30.2 Å². The third-order valence-corrected chi connectivity index (χ3v) is 9.55. The average molecular weight is 554 g/mol. The van der Waals surface area contributed by atoms with E-state index in [4.69, 9.17) is 14.2 Å². The molecule has 0 radical (unpaired) electrons. The first-order valence-corrected chi connectivity index (χ1v) is 14.4. The van der Waals surface area contributed by atoms with Gasteiger partial charge in [-0.25, -0.2) is 14.4 Å². The van der Waals surface area contributed by atoms with Crippen molar-refractivity contribution in [1.82, 2.24) is 0 Å². The van der Waals surface area contributed by atoms with Crippen LogP contribution in [0.4, 0.5) is 5.00 Å². The second-order valence-electron chi connectivity index (χ2n) is 8.17. The van der Waals surface area contributed by atoms with Crippen LogP contribution >= 0.6 is 34.4 Å². The van der Waals surface area contributed by atoms with Crippen molar-refractivity contribution in [3.63, 3.8) is 0 Å². The number of hydrogen-bond acceptors (Lipinski definition) is 10. The van der Waals surface area contributed by atoms with E-state index in [0.717, 1.165) is 53.9 Å². The second-order valence-corrected chi connectivity index (χ2v) is 11.9. The Morgan fingerprint density at radius 3 is 2.28 bits per heavy atom. The summed E-state index contributed by atoms with van der Waals surface area (Å²) in [5.74, 6) is -1.84. The Morgan fingerprint density at radius 2 is 1.61 bits per heavy atom. The molecular formula is C25H31NO7S3. The lowest BCUT2D eigenvalue weighted by Gasteiger charge is -2.13. The number of methoxy groups -OCH3 is 1. The van der Waals surface area contributed by atoms with Crippen LogP contribution in [0.25, 0.3) is 0 Å². The van der Waals surface area contributed by atoms with Gasteiger partial charge in [0, 0.05) is 4.88 Å². The normalized spacial score (nSPS) is 13.8. The number of ether oxygens (including phenoxy) is 3. The highest BCUT2D eigenvalue weighted by atomic mass is 32.2. The molecule has 8 nitrogen and oxygen atoms in total. The number of carbonyl (C=O) groups is 4. The third-order valence-electron chi connectivity index (χ3n) is 5.76. The van der Waals surface area contributed by atoms with E-state index in [0.29, 0.717) is 25.2 Å². The van der Waals surface area contributed by atoms with Gasteiger partial charge in [-0.05, 0) is 64.5 Å². The van der Waals surface area contributed by atoms with Gasteiger partial charge in [0.2, 0.25) is 5.91 Å². The van der Waals surface area contributed by atoms with Crippen molar-refractivity contribution in [2.24, 2.45) is 0 Å². The molecule has 0 saturated heterocycles. The zero-order chi connectivity index (χ0) is 26.4. The fraction of sp³-hybridized carbons (Fsp3) is 0.520. The van der Waals surface area contributed by atoms with Gasteiger partial charge in [0.15, 0.2) is 0 Å². The van der Waals surface area contributed by atoms with E-state index in [2.05, 4.69) is 5.32 Å². The van der Waals surface area contributed by atoms with Crippen molar-refractivity contribution in [3.05, 3.63) is 32.0 Å². The molecule has 36 heavy (non-hydrogen) atoms. The summed E-state index contributed by atoms with van der Waals surface area (Å²) in [6.07, 6.45) is 4.80. The molecule has 11 heteroatoms. The molecule has 1 unspecified atom stereocenters. The van der Waals surface area contributed by atoms with Crippen molar-refractivity contribution < 1.29 is 33.4 Å². The Bertz CT molecular complexity index is 1150. The van der Waals surface area contributed by atoms with E-state index in [1.54, 1.807) is 27.7 Å². The molecule has 1 N–H and O–H groups in total. The van der Waals surface area contributed by atoms with Gasteiger partial charge in [-0.2, -0.15) is 0 Å². The Labute approximate surface area is 223 Å². The quantitative estimate of drug-likeness (QED) is 0.184. The summed E-state index contributed by atoms with van der Waals surface area (Å²) in [6, 6.07) is 0.